The summed E-state index contributed by atoms with van der Waals surface area (Å²) in [6, 6.07) is 28.5. The summed E-state index contributed by atoms with van der Waals surface area (Å²) in [5.74, 6) is -0.457. The summed E-state index contributed by atoms with van der Waals surface area (Å²) in [7, 11) is 0. The van der Waals surface area contributed by atoms with Crippen LogP contribution in [0.1, 0.15) is 17.3 Å². The molecule has 184 valence electrons. The molecule has 1 atom stereocenters. The molecule has 7 nitrogen and oxygen atoms in total. The number of carbonyl (C=O) groups excluding carboxylic acids is 2. The number of carbonyl (C=O) groups is 2. The van der Waals surface area contributed by atoms with Crippen molar-refractivity contribution in [3.05, 3.63) is 113 Å². The van der Waals surface area contributed by atoms with Crippen LogP contribution in [0.2, 0.25) is 0 Å². The fourth-order valence-electron chi connectivity index (χ4n) is 3.96. The van der Waals surface area contributed by atoms with Crippen molar-refractivity contribution >= 4 is 58.1 Å². The van der Waals surface area contributed by atoms with Crippen LogP contribution in [0.4, 0.5) is 22.7 Å². The van der Waals surface area contributed by atoms with E-state index in [4.69, 9.17) is 0 Å². The Morgan fingerprint density at radius 2 is 1.51 bits per heavy atom. The van der Waals surface area contributed by atoms with Gasteiger partial charge >= 0.3 is 0 Å². The Bertz CT molecular complexity index is 1460. The molecule has 0 aromatic heterocycles. The SMILES string of the molecule is CC(Sc1ccc(NC(=O)c2cccc([N+](=O)[O-])c2)cc1)C(=O)N1c2ccccc2Sc2ccccc21. The Morgan fingerprint density at radius 1 is 0.892 bits per heavy atom. The number of benzene rings is 4. The van der Waals surface area contributed by atoms with Gasteiger partial charge in [0.15, 0.2) is 0 Å². The van der Waals surface area contributed by atoms with Gasteiger partial charge in [0.2, 0.25) is 5.91 Å². The predicted octanol–water partition coefficient (Wildman–Crippen LogP) is 7.16. The van der Waals surface area contributed by atoms with Crippen molar-refractivity contribution in [3.8, 4) is 0 Å². The molecule has 4 aromatic carbocycles. The number of thioether (sulfide) groups is 1. The highest BCUT2D eigenvalue weighted by Crippen LogP contribution is 2.48. The molecule has 5 rings (SSSR count). The molecule has 0 bridgehead atoms. The van der Waals surface area contributed by atoms with Gasteiger partial charge in [-0.15, -0.1) is 11.8 Å². The third-order valence-corrected chi connectivity index (χ3v) is 7.97. The molecule has 2 amide bonds. The first-order valence-electron chi connectivity index (χ1n) is 11.4. The van der Waals surface area contributed by atoms with Crippen molar-refractivity contribution in [2.75, 3.05) is 10.2 Å². The van der Waals surface area contributed by atoms with Crippen LogP contribution >= 0.6 is 23.5 Å². The highest BCUT2D eigenvalue weighted by Gasteiger charge is 2.31. The van der Waals surface area contributed by atoms with Gasteiger partial charge in [0.25, 0.3) is 11.6 Å². The first-order valence-corrected chi connectivity index (χ1v) is 13.1. The number of para-hydroxylation sites is 2. The second kappa shape index (κ2) is 10.5. The fraction of sp³-hybridized carbons (Fsp3) is 0.0714. The number of rotatable bonds is 6. The largest absolute Gasteiger partial charge is 0.322 e. The van der Waals surface area contributed by atoms with Crippen molar-refractivity contribution in [3.63, 3.8) is 0 Å². The summed E-state index contributed by atoms with van der Waals surface area (Å²) in [4.78, 5) is 41.4. The van der Waals surface area contributed by atoms with Crippen LogP contribution in [0.3, 0.4) is 0 Å². The van der Waals surface area contributed by atoms with Gasteiger partial charge in [0.1, 0.15) is 0 Å². The van der Waals surface area contributed by atoms with Gasteiger partial charge < -0.3 is 5.32 Å². The maximum absolute atomic E-state index is 13.7. The zero-order valence-corrected chi connectivity index (χ0v) is 21.3. The fourth-order valence-corrected chi connectivity index (χ4v) is 5.92. The minimum absolute atomic E-state index is 0.0201. The highest BCUT2D eigenvalue weighted by atomic mass is 32.2. The predicted molar refractivity (Wildman–Crippen MR) is 147 cm³/mol. The lowest BCUT2D eigenvalue weighted by atomic mass is 10.2. The topological polar surface area (TPSA) is 92.5 Å². The number of nitro benzene ring substituents is 1. The molecule has 0 spiro atoms. The summed E-state index contributed by atoms with van der Waals surface area (Å²) >= 11 is 3.10. The molecule has 0 fully saturated rings. The van der Waals surface area contributed by atoms with Crippen LogP contribution < -0.4 is 10.2 Å². The molecular weight excluding hydrogens is 506 g/mol. The van der Waals surface area contributed by atoms with Crippen LogP contribution in [-0.4, -0.2) is 22.0 Å². The first kappa shape index (κ1) is 24.6. The number of nitrogens with zero attached hydrogens (tertiary/aromatic N) is 2. The number of non-ortho nitro benzene ring substituents is 1. The minimum atomic E-state index is -0.537. The lowest BCUT2D eigenvalue weighted by molar-refractivity contribution is -0.384. The van der Waals surface area contributed by atoms with Gasteiger partial charge in [-0.05, 0) is 61.5 Å². The molecule has 1 aliphatic rings. The molecule has 9 heteroatoms. The van der Waals surface area contributed by atoms with Gasteiger partial charge in [-0.1, -0.05) is 42.1 Å². The van der Waals surface area contributed by atoms with E-state index in [1.165, 1.54) is 36.0 Å². The second-order valence-electron chi connectivity index (χ2n) is 8.26. The summed E-state index contributed by atoms with van der Waals surface area (Å²) in [6.45, 7) is 1.89. The molecule has 4 aromatic rings. The van der Waals surface area contributed by atoms with E-state index in [9.17, 15) is 19.7 Å². The minimum Gasteiger partial charge on any atom is -0.322 e. The first-order chi connectivity index (χ1) is 17.9. The van der Waals surface area contributed by atoms with E-state index in [1.807, 2.05) is 67.6 Å². The number of nitro groups is 1. The van der Waals surface area contributed by atoms with Crippen molar-refractivity contribution in [1.29, 1.82) is 0 Å². The third kappa shape index (κ3) is 5.23. The van der Waals surface area contributed by atoms with E-state index in [0.29, 0.717) is 5.69 Å². The molecule has 0 saturated heterocycles. The molecule has 0 radical (unpaired) electrons. The van der Waals surface area contributed by atoms with Crippen molar-refractivity contribution < 1.29 is 14.5 Å². The van der Waals surface area contributed by atoms with Crippen molar-refractivity contribution in [1.82, 2.24) is 0 Å². The van der Waals surface area contributed by atoms with Crippen molar-refractivity contribution in [2.24, 2.45) is 0 Å². The Hall–Kier alpha value is -4.08. The number of hydrogen-bond acceptors (Lipinski definition) is 6. The van der Waals surface area contributed by atoms with E-state index >= 15 is 0 Å². The molecular formula is C28H21N3O4S2. The van der Waals surface area contributed by atoms with Crippen LogP contribution in [0.15, 0.2) is 112 Å². The molecule has 37 heavy (non-hydrogen) atoms. The van der Waals surface area contributed by atoms with Gasteiger partial charge in [-0.25, -0.2) is 0 Å². The number of nitrogens with one attached hydrogen (secondary N) is 1. The zero-order valence-electron chi connectivity index (χ0n) is 19.7. The molecule has 1 unspecified atom stereocenters. The quantitative estimate of drug-likeness (QED) is 0.163. The van der Waals surface area contributed by atoms with Gasteiger partial charge in [-0.3, -0.25) is 24.6 Å². The number of hydrogen-bond donors (Lipinski definition) is 1. The van der Waals surface area contributed by atoms with Crippen LogP contribution in [0.25, 0.3) is 0 Å². The second-order valence-corrected chi connectivity index (χ2v) is 10.8. The third-order valence-electron chi connectivity index (χ3n) is 5.74. The number of fused-ring (bicyclic) bond motifs is 2. The van der Waals surface area contributed by atoms with E-state index in [-0.39, 0.29) is 22.4 Å². The summed E-state index contributed by atoms with van der Waals surface area (Å²) in [5, 5.41) is 13.4. The summed E-state index contributed by atoms with van der Waals surface area (Å²) < 4.78 is 0. The Kier molecular flexibility index (Phi) is 6.98. The average molecular weight is 528 g/mol. The van der Waals surface area contributed by atoms with E-state index in [1.54, 1.807) is 28.8 Å². The standard InChI is InChI=1S/C28H21N3O4S2/c1-18(28(33)30-23-9-2-4-11-25(23)37-26-12-5-3-10-24(26)30)36-22-15-13-20(14-16-22)29-27(32)19-7-6-8-21(17-19)31(34)35/h2-18H,1H3,(H,29,32). The van der Waals surface area contributed by atoms with Gasteiger partial charge in [-0.2, -0.15) is 0 Å². The van der Waals surface area contributed by atoms with E-state index in [2.05, 4.69) is 5.32 Å². The molecule has 1 N–H and O–H groups in total. The van der Waals surface area contributed by atoms with Gasteiger partial charge in [0, 0.05) is 38.1 Å². The Balaban J connectivity index is 1.29. The number of amides is 2. The van der Waals surface area contributed by atoms with E-state index in [0.717, 1.165) is 26.1 Å². The van der Waals surface area contributed by atoms with Crippen LogP contribution in [0, 0.1) is 10.1 Å². The monoisotopic (exact) mass is 527 g/mol. The van der Waals surface area contributed by atoms with E-state index < -0.39 is 10.8 Å². The molecule has 1 aliphatic heterocycles. The Morgan fingerprint density at radius 3 is 2.14 bits per heavy atom. The van der Waals surface area contributed by atoms with Gasteiger partial charge in [0.05, 0.1) is 21.5 Å². The van der Waals surface area contributed by atoms with Crippen LogP contribution in [0.5, 0.6) is 0 Å². The van der Waals surface area contributed by atoms with Crippen molar-refractivity contribution in [2.45, 2.75) is 26.9 Å². The maximum atomic E-state index is 13.7. The molecule has 0 aliphatic carbocycles. The maximum Gasteiger partial charge on any atom is 0.270 e. The lowest BCUT2D eigenvalue weighted by Gasteiger charge is -2.32. The lowest BCUT2D eigenvalue weighted by Crippen LogP contribution is -2.34. The summed E-state index contributed by atoms with van der Waals surface area (Å²) in [6.07, 6.45) is 0. The summed E-state index contributed by atoms with van der Waals surface area (Å²) in [5.41, 5.74) is 2.36. The smallest absolute Gasteiger partial charge is 0.270 e. The molecule has 0 saturated carbocycles. The number of anilines is 3. The van der Waals surface area contributed by atoms with Crippen LogP contribution in [-0.2, 0) is 4.79 Å². The molecule has 1 heterocycles. The average Bonchev–Trinajstić information content (AvgIpc) is 2.92. The Labute approximate surface area is 222 Å². The normalized spacial score (nSPS) is 12.7. The zero-order chi connectivity index (χ0) is 25.9. The highest BCUT2D eigenvalue weighted by molar-refractivity contribution is 8.00.